The van der Waals surface area contributed by atoms with Crippen molar-refractivity contribution in [3.05, 3.63) is 24.3 Å². The van der Waals surface area contributed by atoms with Crippen molar-refractivity contribution >= 4 is 6.21 Å². The molecule has 1 nitrogen and oxygen atoms in total. The molecule has 1 unspecified atom stereocenters. The van der Waals surface area contributed by atoms with Crippen molar-refractivity contribution in [1.29, 1.82) is 0 Å². The van der Waals surface area contributed by atoms with Gasteiger partial charge in [-0.3, -0.25) is 4.99 Å². The lowest BCUT2D eigenvalue weighted by atomic mass is 9.90. The van der Waals surface area contributed by atoms with Crippen LogP contribution in [0.25, 0.3) is 0 Å². The molecular weight excluding hydrogens is 194 g/mol. The van der Waals surface area contributed by atoms with Crippen LogP contribution >= 0.6 is 0 Å². The maximum absolute atomic E-state index is 4.72. The Bertz CT molecular complexity index is 271. The molecule has 1 rings (SSSR count). The van der Waals surface area contributed by atoms with Crippen molar-refractivity contribution in [3.8, 4) is 0 Å². The lowest BCUT2D eigenvalue weighted by molar-refractivity contribution is 0.534. The Morgan fingerprint density at radius 3 is 2.50 bits per heavy atom. The van der Waals surface area contributed by atoms with E-state index in [2.05, 4.69) is 51.3 Å². The highest BCUT2D eigenvalue weighted by atomic mass is 14.8. The lowest BCUT2D eigenvalue weighted by Crippen LogP contribution is -2.14. The van der Waals surface area contributed by atoms with Crippen molar-refractivity contribution in [3.63, 3.8) is 0 Å². The average molecular weight is 219 g/mol. The van der Waals surface area contributed by atoms with Crippen LogP contribution in [0.3, 0.4) is 0 Å². The monoisotopic (exact) mass is 219 g/mol. The molecule has 0 saturated heterocycles. The van der Waals surface area contributed by atoms with E-state index in [0.717, 1.165) is 25.7 Å². The third kappa shape index (κ3) is 5.29. The van der Waals surface area contributed by atoms with Gasteiger partial charge in [0.05, 0.1) is 6.04 Å². The number of hydrogen-bond donors (Lipinski definition) is 0. The van der Waals surface area contributed by atoms with E-state index in [-0.39, 0.29) is 5.41 Å². The summed E-state index contributed by atoms with van der Waals surface area (Å²) in [6.45, 7) is 6.74. The van der Waals surface area contributed by atoms with Crippen LogP contribution in [-0.4, -0.2) is 12.3 Å². The maximum Gasteiger partial charge on any atom is 0.0527 e. The second kappa shape index (κ2) is 6.67. The zero-order valence-electron chi connectivity index (χ0n) is 10.9. The number of allylic oxidation sites excluding steroid dienone is 3. The molecule has 1 heteroatoms. The first-order valence-electron chi connectivity index (χ1n) is 6.48. The van der Waals surface area contributed by atoms with Gasteiger partial charge in [-0.25, -0.2) is 0 Å². The van der Waals surface area contributed by atoms with Gasteiger partial charge in [0.2, 0.25) is 0 Å². The summed E-state index contributed by atoms with van der Waals surface area (Å²) in [6, 6.07) is 0.471. The Hall–Kier alpha value is -0.850. The van der Waals surface area contributed by atoms with Crippen molar-refractivity contribution in [2.24, 2.45) is 10.4 Å². The molecule has 0 bridgehead atoms. The summed E-state index contributed by atoms with van der Waals surface area (Å²) in [4.78, 5) is 4.72. The largest absolute Gasteiger partial charge is 0.293 e. The molecule has 0 aromatic heterocycles. The van der Waals surface area contributed by atoms with E-state index < -0.39 is 0 Å². The van der Waals surface area contributed by atoms with Crippen molar-refractivity contribution in [2.75, 3.05) is 0 Å². The third-order valence-corrected chi connectivity index (χ3v) is 2.99. The molecule has 16 heavy (non-hydrogen) atoms. The van der Waals surface area contributed by atoms with E-state index in [1.165, 1.54) is 6.42 Å². The fourth-order valence-corrected chi connectivity index (χ4v) is 1.76. The summed E-state index contributed by atoms with van der Waals surface area (Å²) in [5.41, 5.74) is 0.201. The molecule has 1 heterocycles. The predicted octanol–water partition coefficient (Wildman–Crippen LogP) is 4.55. The molecule has 0 spiro atoms. The van der Waals surface area contributed by atoms with Crippen LogP contribution in [0.5, 0.6) is 0 Å². The van der Waals surface area contributed by atoms with Crippen LogP contribution in [0.15, 0.2) is 29.3 Å². The van der Waals surface area contributed by atoms with E-state index in [4.69, 9.17) is 4.99 Å². The minimum absolute atomic E-state index is 0.201. The Labute approximate surface area is 100 Å². The summed E-state index contributed by atoms with van der Waals surface area (Å²) < 4.78 is 0. The summed E-state index contributed by atoms with van der Waals surface area (Å²) in [7, 11) is 0. The smallest absolute Gasteiger partial charge is 0.0527 e. The fourth-order valence-electron chi connectivity index (χ4n) is 1.76. The summed E-state index contributed by atoms with van der Waals surface area (Å²) in [5, 5.41) is 0. The Morgan fingerprint density at radius 2 is 1.81 bits per heavy atom. The minimum atomic E-state index is 0.201. The van der Waals surface area contributed by atoms with E-state index >= 15 is 0 Å². The topological polar surface area (TPSA) is 12.4 Å². The van der Waals surface area contributed by atoms with Gasteiger partial charge in [0.25, 0.3) is 0 Å². The van der Waals surface area contributed by atoms with Gasteiger partial charge in [-0.1, -0.05) is 45.1 Å². The Kier molecular flexibility index (Phi) is 5.51. The molecule has 0 aromatic rings. The van der Waals surface area contributed by atoms with E-state index in [0.29, 0.717) is 6.04 Å². The molecule has 0 amide bonds. The van der Waals surface area contributed by atoms with Gasteiger partial charge >= 0.3 is 0 Å². The summed E-state index contributed by atoms with van der Waals surface area (Å²) in [5.74, 6) is 0. The van der Waals surface area contributed by atoms with Crippen molar-refractivity contribution in [2.45, 2.75) is 58.9 Å². The number of aliphatic imine (C=N–C) groups is 1. The van der Waals surface area contributed by atoms with Crippen LogP contribution in [0.4, 0.5) is 0 Å². The highest BCUT2D eigenvalue weighted by molar-refractivity contribution is 5.65. The first-order chi connectivity index (χ1) is 7.64. The van der Waals surface area contributed by atoms with Gasteiger partial charge in [-0.05, 0) is 32.1 Å². The zero-order chi connectivity index (χ0) is 11.9. The second-order valence-electron chi connectivity index (χ2n) is 5.29. The molecular formula is C15H25N. The maximum atomic E-state index is 4.72. The number of rotatable bonds is 1. The first-order valence-corrected chi connectivity index (χ1v) is 6.48. The van der Waals surface area contributed by atoms with Gasteiger partial charge < -0.3 is 0 Å². The van der Waals surface area contributed by atoms with Gasteiger partial charge in [0, 0.05) is 11.6 Å². The molecule has 1 atom stereocenters. The minimum Gasteiger partial charge on any atom is -0.293 e. The van der Waals surface area contributed by atoms with E-state index in [9.17, 15) is 0 Å². The molecule has 0 fully saturated rings. The van der Waals surface area contributed by atoms with Crippen LogP contribution in [0.2, 0.25) is 0 Å². The lowest BCUT2D eigenvalue weighted by Gasteiger charge is -2.18. The molecule has 90 valence electrons. The summed E-state index contributed by atoms with van der Waals surface area (Å²) in [6.07, 6.45) is 17.0. The molecule has 0 radical (unpaired) electrons. The van der Waals surface area contributed by atoms with E-state index in [1.807, 2.05) is 0 Å². The van der Waals surface area contributed by atoms with Gasteiger partial charge in [-0.15, -0.1) is 0 Å². The second-order valence-corrected chi connectivity index (χ2v) is 5.29. The molecule has 0 saturated carbocycles. The highest BCUT2D eigenvalue weighted by Crippen LogP contribution is 2.20. The Balaban J connectivity index is 2.71. The van der Waals surface area contributed by atoms with Crippen LogP contribution in [0, 0.1) is 5.41 Å². The van der Waals surface area contributed by atoms with Crippen LogP contribution in [-0.2, 0) is 0 Å². The molecule has 1 aliphatic rings. The standard InChI is InChI=1S/C15H25N/c1-4-14-11-9-7-5-6-8-10-12-15(2,3)13-16-14/h7-10,13-14H,4-6,11-12H2,1-3H3/b9-7+,10-8+,16-13?. The zero-order valence-corrected chi connectivity index (χ0v) is 10.9. The molecule has 0 aromatic carbocycles. The van der Waals surface area contributed by atoms with Crippen molar-refractivity contribution < 1.29 is 0 Å². The van der Waals surface area contributed by atoms with Crippen molar-refractivity contribution in [1.82, 2.24) is 0 Å². The van der Waals surface area contributed by atoms with Crippen LogP contribution in [0.1, 0.15) is 52.9 Å². The van der Waals surface area contributed by atoms with Crippen LogP contribution < -0.4 is 0 Å². The van der Waals surface area contributed by atoms with Gasteiger partial charge in [0.15, 0.2) is 0 Å². The predicted molar refractivity (Wildman–Crippen MR) is 73.1 cm³/mol. The molecule has 0 aliphatic carbocycles. The van der Waals surface area contributed by atoms with Gasteiger partial charge in [-0.2, -0.15) is 0 Å². The fraction of sp³-hybridized carbons (Fsp3) is 0.667. The number of nitrogens with zero attached hydrogens (tertiary/aromatic N) is 1. The SMILES string of the molecule is CCC1C/C=C/CC/C=C/CC(C)(C)C=N1. The third-order valence-electron chi connectivity index (χ3n) is 2.99. The first kappa shape index (κ1) is 13.2. The molecule has 1 aliphatic heterocycles. The number of hydrogen-bond acceptors (Lipinski definition) is 1. The average Bonchev–Trinajstić information content (AvgIpc) is 2.24. The normalized spacial score (nSPS) is 30.1. The Morgan fingerprint density at radius 1 is 1.12 bits per heavy atom. The highest BCUT2D eigenvalue weighted by Gasteiger charge is 2.13. The summed E-state index contributed by atoms with van der Waals surface area (Å²) >= 11 is 0. The quantitative estimate of drug-likeness (QED) is 0.574. The molecule has 0 N–H and O–H groups in total. The van der Waals surface area contributed by atoms with Gasteiger partial charge in [0.1, 0.15) is 0 Å². The van der Waals surface area contributed by atoms with E-state index in [1.54, 1.807) is 0 Å².